The number of amides is 1. The highest BCUT2D eigenvalue weighted by atomic mass is 16.5. The van der Waals surface area contributed by atoms with Gasteiger partial charge < -0.3 is 24.2 Å². The number of aryl methyl sites for hydroxylation is 1. The fourth-order valence-electron chi connectivity index (χ4n) is 3.80. The molecule has 0 aliphatic carbocycles. The van der Waals surface area contributed by atoms with Gasteiger partial charge in [-0.1, -0.05) is 30.3 Å². The van der Waals surface area contributed by atoms with Crippen molar-refractivity contribution < 1.29 is 28.9 Å². The summed E-state index contributed by atoms with van der Waals surface area (Å²) < 4.78 is 16.4. The van der Waals surface area contributed by atoms with Gasteiger partial charge in [0, 0.05) is 24.1 Å². The molecule has 0 fully saturated rings. The number of benzene rings is 2. The van der Waals surface area contributed by atoms with E-state index in [9.17, 15) is 9.59 Å². The molecule has 1 aliphatic rings. The summed E-state index contributed by atoms with van der Waals surface area (Å²) in [6.45, 7) is 2.67. The molecule has 7 heteroatoms. The molecule has 0 saturated carbocycles. The van der Waals surface area contributed by atoms with E-state index in [1.54, 1.807) is 37.3 Å². The lowest BCUT2D eigenvalue weighted by Crippen LogP contribution is -2.38. The molecule has 1 N–H and O–H groups in total. The number of rotatable bonds is 10. The number of ether oxygens (including phenoxy) is 3. The second-order valence-electron chi connectivity index (χ2n) is 7.70. The van der Waals surface area contributed by atoms with Gasteiger partial charge in [0.15, 0.2) is 0 Å². The second-order valence-corrected chi connectivity index (χ2v) is 7.70. The zero-order valence-electron chi connectivity index (χ0n) is 18.7. The SMILES string of the molecule is COc1cc(C(=O)N(CCCc2ccccc2)CC2CC=C(C(=O)O)O2)cc(OC)c1C. The highest BCUT2D eigenvalue weighted by Crippen LogP contribution is 2.30. The summed E-state index contributed by atoms with van der Waals surface area (Å²) in [4.78, 5) is 26.4. The van der Waals surface area contributed by atoms with Gasteiger partial charge in [0.1, 0.15) is 17.6 Å². The molecule has 1 aliphatic heterocycles. The third kappa shape index (κ3) is 5.60. The fourth-order valence-corrected chi connectivity index (χ4v) is 3.80. The summed E-state index contributed by atoms with van der Waals surface area (Å²) in [5.74, 6) is -0.192. The monoisotopic (exact) mass is 439 g/mol. The molecule has 2 aromatic carbocycles. The maximum Gasteiger partial charge on any atom is 0.370 e. The Morgan fingerprint density at radius 3 is 2.34 bits per heavy atom. The summed E-state index contributed by atoms with van der Waals surface area (Å²) in [5.41, 5.74) is 2.47. The molecule has 1 amide bonds. The third-order valence-electron chi connectivity index (χ3n) is 5.52. The molecular formula is C25H29NO6. The quantitative estimate of drug-likeness (QED) is 0.605. The largest absolute Gasteiger partial charge is 0.496 e. The van der Waals surface area contributed by atoms with E-state index in [0.29, 0.717) is 36.6 Å². The van der Waals surface area contributed by atoms with Gasteiger partial charge in [-0.3, -0.25) is 4.79 Å². The van der Waals surface area contributed by atoms with E-state index in [2.05, 4.69) is 12.1 Å². The molecule has 1 heterocycles. The molecule has 170 valence electrons. The summed E-state index contributed by atoms with van der Waals surface area (Å²) >= 11 is 0. The molecule has 0 radical (unpaired) electrons. The van der Waals surface area contributed by atoms with Crippen molar-refractivity contribution in [1.82, 2.24) is 4.90 Å². The minimum absolute atomic E-state index is 0.0645. The van der Waals surface area contributed by atoms with Crippen LogP contribution in [-0.4, -0.2) is 55.3 Å². The molecule has 1 unspecified atom stereocenters. The molecule has 0 saturated heterocycles. The van der Waals surface area contributed by atoms with E-state index in [1.165, 1.54) is 5.56 Å². The summed E-state index contributed by atoms with van der Waals surface area (Å²) in [6.07, 6.45) is 3.20. The molecule has 0 aromatic heterocycles. The maximum atomic E-state index is 13.5. The average Bonchev–Trinajstić information content (AvgIpc) is 3.28. The molecule has 0 bridgehead atoms. The molecule has 7 nitrogen and oxygen atoms in total. The van der Waals surface area contributed by atoms with Crippen LogP contribution in [0.25, 0.3) is 0 Å². The van der Waals surface area contributed by atoms with Gasteiger partial charge in [-0.2, -0.15) is 0 Å². The number of hydrogen-bond acceptors (Lipinski definition) is 5. The zero-order chi connectivity index (χ0) is 23.1. The first-order chi connectivity index (χ1) is 15.4. The van der Waals surface area contributed by atoms with Crippen LogP contribution in [0.1, 0.15) is 34.3 Å². The summed E-state index contributed by atoms with van der Waals surface area (Å²) in [5, 5.41) is 9.16. The first-order valence-electron chi connectivity index (χ1n) is 10.6. The lowest BCUT2D eigenvalue weighted by molar-refractivity contribution is -0.137. The number of methoxy groups -OCH3 is 2. The van der Waals surface area contributed by atoms with Crippen LogP contribution in [-0.2, 0) is 16.0 Å². The van der Waals surface area contributed by atoms with E-state index in [1.807, 2.05) is 25.1 Å². The Labute approximate surface area is 188 Å². The van der Waals surface area contributed by atoms with E-state index in [-0.39, 0.29) is 11.7 Å². The van der Waals surface area contributed by atoms with Crippen molar-refractivity contribution in [3.05, 3.63) is 71.0 Å². The van der Waals surface area contributed by atoms with Gasteiger partial charge in [-0.15, -0.1) is 0 Å². The molecule has 2 aromatic rings. The number of hydrogen-bond donors (Lipinski definition) is 1. The van der Waals surface area contributed by atoms with Crippen molar-refractivity contribution in [3.63, 3.8) is 0 Å². The average molecular weight is 440 g/mol. The lowest BCUT2D eigenvalue weighted by atomic mass is 10.1. The number of carboxylic acid groups (broad SMARTS) is 1. The zero-order valence-corrected chi connectivity index (χ0v) is 18.7. The van der Waals surface area contributed by atoms with Crippen LogP contribution in [0.3, 0.4) is 0 Å². The molecule has 3 rings (SSSR count). The Kier molecular flexibility index (Phi) is 7.76. The predicted octanol–water partition coefficient (Wildman–Crippen LogP) is 3.84. The van der Waals surface area contributed by atoms with Crippen LogP contribution in [0.5, 0.6) is 11.5 Å². The predicted molar refractivity (Wildman–Crippen MR) is 120 cm³/mol. The Balaban J connectivity index is 1.77. The van der Waals surface area contributed by atoms with Crippen LogP contribution < -0.4 is 9.47 Å². The molecular weight excluding hydrogens is 410 g/mol. The van der Waals surface area contributed by atoms with Crippen molar-refractivity contribution >= 4 is 11.9 Å². The van der Waals surface area contributed by atoms with E-state index in [0.717, 1.165) is 18.4 Å². The second kappa shape index (κ2) is 10.7. The van der Waals surface area contributed by atoms with Crippen LogP contribution in [0.15, 0.2) is 54.3 Å². The topological polar surface area (TPSA) is 85.3 Å². The summed E-state index contributed by atoms with van der Waals surface area (Å²) in [6, 6.07) is 13.5. The van der Waals surface area contributed by atoms with Gasteiger partial charge >= 0.3 is 5.97 Å². The molecule has 0 spiro atoms. The minimum atomic E-state index is -1.09. The van der Waals surface area contributed by atoms with Gasteiger partial charge in [0.2, 0.25) is 5.76 Å². The van der Waals surface area contributed by atoms with Gasteiger partial charge in [0.25, 0.3) is 5.91 Å². The standard InChI is InChI=1S/C25H29NO6/c1-17-22(30-2)14-19(15-23(17)31-3)24(27)26(13-7-10-18-8-5-4-6-9-18)16-20-11-12-21(32-20)25(28)29/h4-6,8-9,12,14-15,20H,7,10-11,13,16H2,1-3H3,(H,28,29). The van der Waals surface area contributed by atoms with Crippen molar-refractivity contribution in [2.45, 2.75) is 32.3 Å². The van der Waals surface area contributed by atoms with Crippen LogP contribution in [0, 0.1) is 6.92 Å². The Morgan fingerprint density at radius 2 is 1.78 bits per heavy atom. The van der Waals surface area contributed by atoms with Crippen molar-refractivity contribution in [3.8, 4) is 11.5 Å². The van der Waals surface area contributed by atoms with Crippen molar-refractivity contribution in [1.29, 1.82) is 0 Å². The number of carbonyl (C=O) groups is 2. The number of carbonyl (C=O) groups excluding carboxylic acids is 1. The Morgan fingerprint density at radius 1 is 1.12 bits per heavy atom. The van der Waals surface area contributed by atoms with Crippen molar-refractivity contribution in [2.75, 3.05) is 27.3 Å². The molecule has 1 atom stereocenters. The van der Waals surface area contributed by atoms with Gasteiger partial charge in [-0.25, -0.2) is 4.79 Å². The lowest BCUT2D eigenvalue weighted by Gasteiger charge is -2.26. The smallest absolute Gasteiger partial charge is 0.370 e. The van der Waals surface area contributed by atoms with E-state index in [4.69, 9.17) is 19.3 Å². The van der Waals surface area contributed by atoms with Crippen LogP contribution in [0.4, 0.5) is 0 Å². The van der Waals surface area contributed by atoms with Gasteiger partial charge in [-0.05, 0) is 43.5 Å². The first-order valence-corrected chi connectivity index (χ1v) is 10.6. The fraction of sp³-hybridized carbons (Fsp3) is 0.360. The number of aliphatic carboxylic acids is 1. The van der Waals surface area contributed by atoms with Crippen molar-refractivity contribution in [2.24, 2.45) is 0 Å². The van der Waals surface area contributed by atoms with E-state index < -0.39 is 12.1 Å². The van der Waals surface area contributed by atoms with Gasteiger partial charge in [0.05, 0.1) is 20.8 Å². The van der Waals surface area contributed by atoms with E-state index >= 15 is 0 Å². The highest BCUT2D eigenvalue weighted by Gasteiger charge is 2.28. The highest BCUT2D eigenvalue weighted by molar-refractivity contribution is 5.95. The Bertz CT molecular complexity index is 960. The first kappa shape index (κ1) is 23.2. The number of carboxylic acids is 1. The number of nitrogens with zero attached hydrogens (tertiary/aromatic N) is 1. The normalized spacial score (nSPS) is 15.0. The third-order valence-corrected chi connectivity index (χ3v) is 5.52. The van der Waals surface area contributed by atoms with Crippen LogP contribution >= 0.6 is 0 Å². The Hall–Kier alpha value is -3.48. The minimum Gasteiger partial charge on any atom is -0.496 e. The summed E-state index contributed by atoms with van der Waals surface area (Å²) in [7, 11) is 3.11. The molecule has 32 heavy (non-hydrogen) atoms. The van der Waals surface area contributed by atoms with Crippen LogP contribution in [0.2, 0.25) is 0 Å². The maximum absolute atomic E-state index is 13.5.